The minimum atomic E-state index is -0.309. The lowest BCUT2D eigenvalue weighted by molar-refractivity contribution is 0.0601. The van der Waals surface area contributed by atoms with Gasteiger partial charge in [-0.2, -0.15) is 0 Å². The van der Waals surface area contributed by atoms with E-state index in [1.54, 1.807) is 12.1 Å². The predicted octanol–water partition coefficient (Wildman–Crippen LogP) is 3.09. The zero-order chi connectivity index (χ0) is 12.4. The molecule has 88 valence electrons. The third-order valence-electron chi connectivity index (χ3n) is 2.74. The van der Waals surface area contributed by atoms with Crippen molar-refractivity contribution in [1.82, 2.24) is 4.98 Å². The summed E-state index contributed by atoms with van der Waals surface area (Å²) >= 11 is 0. The van der Waals surface area contributed by atoms with Gasteiger partial charge in [-0.3, -0.25) is 0 Å². The minimum Gasteiger partial charge on any atom is -0.465 e. The molecule has 0 unspecified atom stereocenters. The Morgan fingerprint density at radius 1 is 1.18 bits per heavy atom. The number of aromatic nitrogens is 1. The van der Waals surface area contributed by atoms with Crippen LogP contribution in [-0.2, 0) is 4.74 Å². The highest BCUT2D eigenvalue weighted by Gasteiger charge is 2.07. The van der Waals surface area contributed by atoms with Gasteiger partial charge < -0.3 is 9.72 Å². The van der Waals surface area contributed by atoms with Crippen LogP contribution in [0.25, 0.3) is 11.3 Å². The van der Waals surface area contributed by atoms with Gasteiger partial charge in [0.2, 0.25) is 0 Å². The number of carbonyl (C=O) groups excluding carboxylic acids is 1. The number of carbonyl (C=O) groups is 1. The van der Waals surface area contributed by atoms with Crippen molar-refractivity contribution in [3.63, 3.8) is 0 Å². The van der Waals surface area contributed by atoms with Crippen LogP contribution in [0, 0.1) is 13.8 Å². The van der Waals surface area contributed by atoms with E-state index < -0.39 is 0 Å². The van der Waals surface area contributed by atoms with E-state index in [9.17, 15) is 4.79 Å². The van der Waals surface area contributed by atoms with Crippen LogP contribution in [0.2, 0.25) is 0 Å². The number of aromatic amines is 1. The molecule has 0 aliphatic heterocycles. The van der Waals surface area contributed by atoms with E-state index in [2.05, 4.69) is 22.7 Å². The van der Waals surface area contributed by atoms with Crippen molar-refractivity contribution in [2.45, 2.75) is 13.8 Å². The first-order chi connectivity index (χ1) is 8.11. The molecule has 1 heterocycles. The molecule has 1 aromatic heterocycles. The summed E-state index contributed by atoms with van der Waals surface area (Å²) in [6.45, 7) is 4.09. The van der Waals surface area contributed by atoms with Crippen molar-refractivity contribution < 1.29 is 9.53 Å². The maximum Gasteiger partial charge on any atom is 0.337 e. The van der Waals surface area contributed by atoms with Crippen LogP contribution in [0.1, 0.15) is 21.6 Å². The van der Waals surface area contributed by atoms with Crippen molar-refractivity contribution in [2.75, 3.05) is 7.11 Å². The lowest BCUT2D eigenvalue weighted by atomic mass is 10.1. The summed E-state index contributed by atoms with van der Waals surface area (Å²) in [5.74, 6) is -0.309. The van der Waals surface area contributed by atoms with Crippen LogP contribution in [0.5, 0.6) is 0 Å². The van der Waals surface area contributed by atoms with Gasteiger partial charge in [0.1, 0.15) is 0 Å². The normalized spacial score (nSPS) is 10.3. The number of nitrogens with one attached hydrogen (secondary N) is 1. The monoisotopic (exact) mass is 229 g/mol. The van der Waals surface area contributed by atoms with E-state index in [0.717, 1.165) is 17.0 Å². The molecular weight excluding hydrogens is 214 g/mol. The second kappa shape index (κ2) is 4.45. The summed E-state index contributed by atoms with van der Waals surface area (Å²) in [4.78, 5) is 14.6. The summed E-state index contributed by atoms with van der Waals surface area (Å²) in [5.41, 5.74) is 5.07. The number of aryl methyl sites for hydroxylation is 2. The second-order valence-electron chi connectivity index (χ2n) is 4.08. The highest BCUT2D eigenvalue weighted by Crippen LogP contribution is 2.23. The van der Waals surface area contributed by atoms with Crippen molar-refractivity contribution >= 4 is 5.97 Å². The van der Waals surface area contributed by atoms with Gasteiger partial charge in [-0.15, -0.1) is 0 Å². The number of ether oxygens (including phenoxy) is 1. The molecule has 0 amide bonds. The van der Waals surface area contributed by atoms with Crippen molar-refractivity contribution in [1.29, 1.82) is 0 Å². The maximum atomic E-state index is 11.3. The smallest absolute Gasteiger partial charge is 0.337 e. The molecular formula is C14H15NO2. The molecule has 17 heavy (non-hydrogen) atoms. The third kappa shape index (κ3) is 2.23. The van der Waals surface area contributed by atoms with Crippen LogP contribution in [0.3, 0.4) is 0 Å². The third-order valence-corrected chi connectivity index (χ3v) is 2.74. The Morgan fingerprint density at radius 2 is 1.82 bits per heavy atom. The Morgan fingerprint density at radius 3 is 2.29 bits per heavy atom. The molecule has 0 saturated heterocycles. The largest absolute Gasteiger partial charge is 0.465 e. The average molecular weight is 229 g/mol. The molecule has 3 nitrogen and oxygen atoms in total. The molecule has 3 heteroatoms. The maximum absolute atomic E-state index is 11.3. The van der Waals surface area contributed by atoms with Crippen LogP contribution < -0.4 is 0 Å². The number of rotatable bonds is 2. The van der Waals surface area contributed by atoms with Crippen LogP contribution >= 0.6 is 0 Å². The van der Waals surface area contributed by atoms with E-state index in [0.29, 0.717) is 5.56 Å². The average Bonchev–Trinajstić information content (AvgIpc) is 2.68. The lowest BCUT2D eigenvalue weighted by Crippen LogP contribution is -2.00. The second-order valence-corrected chi connectivity index (χ2v) is 4.08. The Balaban J connectivity index is 2.35. The first-order valence-electron chi connectivity index (χ1n) is 5.47. The molecule has 0 radical (unpaired) electrons. The first kappa shape index (κ1) is 11.5. The Bertz CT molecular complexity index is 538. The number of methoxy groups -OCH3 is 1. The highest BCUT2D eigenvalue weighted by molar-refractivity contribution is 5.89. The number of hydrogen-bond donors (Lipinski definition) is 1. The van der Waals surface area contributed by atoms with E-state index >= 15 is 0 Å². The fraction of sp³-hybridized carbons (Fsp3) is 0.214. The Kier molecular flexibility index (Phi) is 3.00. The van der Waals surface area contributed by atoms with Gasteiger partial charge in [-0.25, -0.2) is 4.79 Å². The SMILES string of the molecule is COC(=O)c1ccc(-c2[nH]c(C)cc2C)cc1. The van der Waals surface area contributed by atoms with Crippen molar-refractivity contribution in [3.05, 3.63) is 47.2 Å². The molecule has 1 aromatic carbocycles. The Labute approximate surface area is 100 Å². The van der Waals surface area contributed by atoms with Crippen molar-refractivity contribution in [3.8, 4) is 11.3 Å². The number of esters is 1. The van der Waals surface area contributed by atoms with Gasteiger partial charge in [0.25, 0.3) is 0 Å². The fourth-order valence-corrected chi connectivity index (χ4v) is 1.92. The number of benzene rings is 1. The molecule has 0 aliphatic carbocycles. The molecule has 0 saturated carbocycles. The fourth-order valence-electron chi connectivity index (χ4n) is 1.92. The topological polar surface area (TPSA) is 42.1 Å². The lowest BCUT2D eigenvalue weighted by Gasteiger charge is -2.03. The van der Waals surface area contributed by atoms with E-state index in [-0.39, 0.29) is 5.97 Å². The number of H-pyrrole nitrogens is 1. The molecule has 1 N–H and O–H groups in total. The zero-order valence-electron chi connectivity index (χ0n) is 10.2. The molecule has 2 aromatic rings. The standard InChI is InChI=1S/C14H15NO2/c1-9-8-10(2)15-13(9)11-4-6-12(7-5-11)14(16)17-3/h4-8,15H,1-3H3. The predicted molar refractivity (Wildman–Crippen MR) is 67.0 cm³/mol. The van der Waals surface area contributed by atoms with E-state index in [1.807, 2.05) is 19.1 Å². The van der Waals surface area contributed by atoms with Gasteiger partial charge >= 0.3 is 5.97 Å². The van der Waals surface area contributed by atoms with Crippen LogP contribution in [-0.4, -0.2) is 18.1 Å². The first-order valence-corrected chi connectivity index (χ1v) is 5.47. The van der Waals surface area contributed by atoms with Gasteiger partial charge in [-0.1, -0.05) is 12.1 Å². The minimum absolute atomic E-state index is 0.309. The molecule has 0 aliphatic rings. The van der Waals surface area contributed by atoms with Gasteiger partial charge in [-0.05, 0) is 43.2 Å². The summed E-state index contributed by atoms with van der Waals surface area (Å²) in [6.07, 6.45) is 0. The summed E-state index contributed by atoms with van der Waals surface area (Å²) in [7, 11) is 1.38. The summed E-state index contributed by atoms with van der Waals surface area (Å²) < 4.78 is 4.66. The van der Waals surface area contributed by atoms with Gasteiger partial charge in [0.05, 0.1) is 12.7 Å². The van der Waals surface area contributed by atoms with Crippen LogP contribution in [0.15, 0.2) is 30.3 Å². The van der Waals surface area contributed by atoms with Gasteiger partial charge in [0.15, 0.2) is 0 Å². The highest BCUT2D eigenvalue weighted by atomic mass is 16.5. The van der Waals surface area contributed by atoms with Crippen molar-refractivity contribution in [2.24, 2.45) is 0 Å². The molecule has 0 bridgehead atoms. The number of hydrogen-bond acceptors (Lipinski definition) is 2. The van der Waals surface area contributed by atoms with E-state index in [1.165, 1.54) is 12.7 Å². The van der Waals surface area contributed by atoms with E-state index in [4.69, 9.17) is 0 Å². The zero-order valence-corrected chi connectivity index (χ0v) is 10.2. The quantitative estimate of drug-likeness (QED) is 0.804. The van der Waals surface area contributed by atoms with Gasteiger partial charge in [0, 0.05) is 11.4 Å². The molecule has 0 fully saturated rings. The Hall–Kier alpha value is -2.03. The molecule has 2 rings (SSSR count). The summed E-state index contributed by atoms with van der Waals surface area (Å²) in [6, 6.07) is 9.49. The van der Waals surface area contributed by atoms with Crippen LogP contribution in [0.4, 0.5) is 0 Å². The molecule has 0 spiro atoms. The summed E-state index contributed by atoms with van der Waals surface area (Å²) in [5, 5.41) is 0. The molecule has 0 atom stereocenters.